The second-order valence-electron chi connectivity index (χ2n) is 6.07. The van der Waals surface area contributed by atoms with Gasteiger partial charge in [0.05, 0.1) is 0 Å². The van der Waals surface area contributed by atoms with Crippen LogP contribution in [0.25, 0.3) is 6.08 Å². The van der Waals surface area contributed by atoms with E-state index in [2.05, 4.69) is 10.3 Å². The number of likely N-dealkylation sites (tertiary alicyclic amines) is 1. The maximum atomic E-state index is 13.9. The van der Waals surface area contributed by atoms with Gasteiger partial charge in [0, 0.05) is 41.3 Å². The van der Waals surface area contributed by atoms with Crippen molar-refractivity contribution in [3.63, 3.8) is 0 Å². The Morgan fingerprint density at radius 2 is 2.04 bits per heavy atom. The summed E-state index contributed by atoms with van der Waals surface area (Å²) in [5.74, 6) is -0.326. The van der Waals surface area contributed by atoms with Crippen molar-refractivity contribution in [2.45, 2.75) is 19.8 Å². The zero-order valence-electron chi connectivity index (χ0n) is 13.9. The lowest BCUT2D eigenvalue weighted by Gasteiger charge is -2.28. The Bertz CT molecular complexity index is 812. The molecule has 1 saturated heterocycles. The summed E-state index contributed by atoms with van der Waals surface area (Å²) in [6.45, 7) is 3.09. The fourth-order valence-corrected chi connectivity index (χ4v) is 2.96. The van der Waals surface area contributed by atoms with E-state index in [1.807, 2.05) is 19.1 Å². The first-order valence-electron chi connectivity index (χ1n) is 8.14. The first-order chi connectivity index (χ1) is 12.0. The Morgan fingerprint density at radius 3 is 2.72 bits per heavy atom. The number of pyridine rings is 1. The molecule has 4 nitrogen and oxygen atoms in total. The smallest absolute Gasteiger partial charge is 0.321 e. The zero-order valence-corrected chi connectivity index (χ0v) is 14.7. The van der Waals surface area contributed by atoms with Gasteiger partial charge in [0.2, 0.25) is 0 Å². The largest absolute Gasteiger partial charge is 0.324 e. The number of aryl methyl sites for hydroxylation is 1. The van der Waals surface area contributed by atoms with Crippen LogP contribution < -0.4 is 5.32 Å². The van der Waals surface area contributed by atoms with Crippen LogP contribution in [0.1, 0.15) is 24.1 Å². The van der Waals surface area contributed by atoms with Gasteiger partial charge < -0.3 is 10.2 Å². The van der Waals surface area contributed by atoms with Crippen LogP contribution in [0.15, 0.2) is 42.1 Å². The summed E-state index contributed by atoms with van der Waals surface area (Å²) in [7, 11) is 0. The van der Waals surface area contributed by atoms with Gasteiger partial charge in [-0.05, 0) is 44.0 Å². The summed E-state index contributed by atoms with van der Waals surface area (Å²) < 4.78 is 13.9. The molecule has 1 aromatic carbocycles. The number of carbonyl (C=O) groups is 1. The van der Waals surface area contributed by atoms with Crippen molar-refractivity contribution >= 4 is 29.4 Å². The number of hydrogen-bond acceptors (Lipinski definition) is 2. The Labute approximate surface area is 151 Å². The van der Waals surface area contributed by atoms with Crippen LogP contribution in [0.4, 0.5) is 14.9 Å². The second-order valence-corrected chi connectivity index (χ2v) is 6.51. The van der Waals surface area contributed by atoms with Crippen LogP contribution in [0.5, 0.6) is 0 Å². The van der Waals surface area contributed by atoms with Gasteiger partial charge in [0.1, 0.15) is 5.82 Å². The SMILES string of the molecule is Cc1cc(NC(=O)N2CCC(=Cc3ccc(Cl)cc3F)CC2)ccn1. The molecule has 130 valence electrons. The van der Waals surface area contributed by atoms with Gasteiger partial charge in [-0.1, -0.05) is 29.3 Å². The fourth-order valence-electron chi connectivity index (χ4n) is 2.81. The standard InChI is InChI=1S/C19H19ClFN3O/c1-13-10-17(4-7-22-13)23-19(25)24-8-5-14(6-9-24)11-15-2-3-16(20)12-18(15)21/h2-4,7,10-12H,5-6,8-9H2,1H3,(H,22,23,25). The highest BCUT2D eigenvalue weighted by Gasteiger charge is 2.19. The average Bonchev–Trinajstić information content (AvgIpc) is 2.58. The Hall–Kier alpha value is -2.40. The maximum Gasteiger partial charge on any atom is 0.321 e. The molecule has 0 unspecified atom stereocenters. The summed E-state index contributed by atoms with van der Waals surface area (Å²) in [6, 6.07) is 8.14. The highest BCUT2D eigenvalue weighted by atomic mass is 35.5. The van der Waals surface area contributed by atoms with Crippen molar-refractivity contribution in [3.05, 3.63) is 64.2 Å². The minimum absolute atomic E-state index is 0.123. The van der Waals surface area contributed by atoms with Gasteiger partial charge in [0.25, 0.3) is 0 Å². The van der Waals surface area contributed by atoms with Crippen molar-refractivity contribution in [2.75, 3.05) is 18.4 Å². The Kier molecular flexibility index (Phi) is 5.34. The lowest BCUT2D eigenvalue weighted by Crippen LogP contribution is -2.39. The number of amides is 2. The van der Waals surface area contributed by atoms with Crippen molar-refractivity contribution in [2.24, 2.45) is 0 Å². The van der Waals surface area contributed by atoms with Crippen molar-refractivity contribution < 1.29 is 9.18 Å². The summed E-state index contributed by atoms with van der Waals surface area (Å²) >= 11 is 5.77. The molecule has 25 heavy (non-hydrogen) atoms. The first-order valence-corrected chi connectivity index (χ1v) is 8.52. The molecule has 0 saturated carbocycles. The number of urea groups is 1. The van der Waals surface area contributed by atoms with Crippen molar-refractivity contribution in [1.82, 2.24) is 9.88 Å². The Balaban J connectivity index is 1.59. The third-order valence-corrected chi connectivity index (χ3v) is 4.40. The number of nitrogens with one attached hydrogen (secondary N) is 1. The van der Waals surface area contributed by atoms with Gasteiger partial charge in [-0.25, -0.2) is 9.18 Å². The highest BCUT2D eigenvalue weighted by Crippen LogP contribution is 2.23. The number of hydrogen-bond donors (Lipinski definition) is 1. The van der Waals surface area contributed by atoms with E-state index in [1.54, 1.807) is 29.3 Å². The first kappa shape index (κ1) is 17.4. The number of benzene rings is 1. The molecule has 0 aliphatic carbocycles. The van der Waals surface area contributed by atoms with Crippen LogP contribution in [0.2, 0.25) is 5.02 Å². The summed E-state index contributed by atoms with van der Waals surface area (Å²) in [5.41, 5.74) is 3.25. The monoisotopic (exact) mass is 359 g/mol. The van der Waals surface area contributed by atoms with E-state index in [9.17, 15) is 9.18 Å². The molecule has 1 aliphatic rings. The average molecular weight is 360 g/mol. The molecule has 2 heterocycles. The van der Waals surface area contributed by atoms with Crippen LogP contribution in [-0.4, -0.2) is 29.0 Å². The lowest BCUT2D eigenvalue weighted by molar-refractivity contribution is 0.208. The molecule has 0 spiro atoms. The molecule has 3 rings (SSSR count). The van der Waals surface area contributed by atoms with Crippen LogP contribution in [0.3, 0.4) is 0 Å². The molecule has 1 N–H and O–H groups in total. The Morgan fingerprint density at radius 1 is 1.28 bits per heavy atom. The van der Waals surface area contributed by atoms with Crippen molar-refractivity contribution in [1.29, 1.82) is 0 Å². The third-order valence-electron chi connectivity index (χ3n) is 4.16. The summed E-state index contributed by atoms with van der Waals surface area (Å²) in [5, 5.41) is 3.27. The number of aromatic nitrogens is 1. The van der Waals surface area contributed by atoms with E-state index in [0.717, 1.165) is 29.8 Å². The third kappa shape index (κ3) is 4.57. The number of anilines is 1. The summed E-state index contributed by atoms with van der Waals surface area (Å²) in [4.78, 5) is 18.2. The molecular weight excluding hydrogens is 341 g/mol. The molecule has 1 fully saturated rings. The quantitative estimate of drug-likeness (QED) is 0.829. The molecule has 2 amide bonds. The normalized spacial score (nSPS) is 14.4. The molecule has 0 bridgehead atoms. The maximum absolute atomic E-state index is 13.9. The van der Waals surface area contributed by atoms with Gasteiger partial charge in [0.15, 0.2) is 0 Å². The molecule has 1 aliphatic heterocycles. The number of rotatable bonds is 2. The minimum Gasteiger partial charge on any atom is -0.324 e. The molecule has 1 aromatic heterocycles. The summed E-state index contributed by atoms with van der Waals surface area (Å²) in [6.07, 6.45) is 4.98. The minimum atomic E-state index is -0.326. The van der Waals surface area contributed by atoms with Crippen LogP contribution >= 0.6 is 11.6 Å². The van der Waals surface area contributed by atoms with Gasteiger partial charge in [-0.15, -0.1) is 0 Å². The number of nitrogens with zero attached hydrogens (tertiary/aromatic N) is 2. The van der Waals surface area contributed by atoms with Gasteiger partial charge in [-0.2, -0.15) is 0 Å². The van der Waals surface area contributed by atoms with Crippen molar-refractivity contribution in [3.8, 4) is 0 Å². The topological polar surface area (TPSA) is 45.2 Å². The van der Waals surface area contributed by atoms with E-state index in [0.29, 0.717) is 23.7 Å². The van der Waals surface area contributed by atoms with E-state index >= 15 is 0 Å². The predicted octanol–water partition coefficient (Wildman–Crippen LogP) is 4.89. The molecular formula is C19H19ClFN3O. The van der Waals surface area contributed by atoms with Gasteiger partial charge in [-0.3, -0.25) is 4.98 Å². The lowest BCUT2D eigenvalue weighted by atomic mass is 10.0. The molecule has 0 radical (unpaired) electrons. The molecule has 0 atom stereocenters. The fraction of sp³-hybridized carbons (Fsp3) is 0.263. The second kappa shape index (κ2) is 7.66. The van der Waals surface area contributed by atoms with E-state index in [1.165, 1.54) is 6.07 Å². The van der Waals surface area contributed by atoms with Crippen LogP contribution in [0, 0.1) is 12.7 Å². The van der Waals surface area contributed by atoms with Gasteiger partial charge >= 0.3 is 6.03 Å². The number of halogens is 2. The number of piperidine rings is 1. The molecule has 2 aromatic rings. The highest BCUT2D eigenvalue weighted by molar-refractivity contribution is 6.30. The van der Waals surface area contributed by atoms with E-state index in [-0.39, 0.29) is 11.8 Å². The molecule has 6 heteroatoms. The van der Waals surface area contributed by atoms with E-state index in [4.69, 9.17) is 11.6 Å². The number of carbonyl (C=O) groups excluding carboxylic acids is 1. The predicted molar refractivity (Wildman–Crippen MR) is 98.2 cm³/mol. The zero-order chi connectivity index (χ0) is 17.8. The van der Waals surface area contributed by atoms with Crippen LogP contribution in [-0.2, 0) is 0 Å². The van der Waals surface area contributed by atoms with E-state index < -0.39 is 0 Å².